The Morgan fingerprint density at radius 1 is 0.943 bits per heavy atom. The molecule has 1 saturated heterocycles. The highest BCUT2D eigenvalue weighted by Gasteiger charge is 2.31. The average Bonchev–Trinajstić information content (AvgIpc) is 2.89. The maximum absolute atomic E-state index is 14.9. The van der Waals surface area contributed by atoms with E-state index in [-0.39, 0.29) is 11.6 Å². The van der Waals surface area contributed by atoms with Crippen LogP contribution in [0.15, 0.2) is 72.8 Å². The Labute approximate surface area is 204 Å². The van der Waals surface area contributed by atoms with Crippen LogP contribution in [0.5, 0.6) is 17.2 Å². The lowest BCUT2D eigenvalue weighted by atomic mass is 9.85. The number of piperidine rings is 1. The Bertz CT molecular complexity index is 1360. The van der Waals surface area contributed by atoms with Crippen molar-refractivity contribution >= 4 is 10.8 Å². The van der Waals surface area contributed by atoms with Crippen LogP contribution >= 0.6 is 0 Å². The Morgan fingerprint density at radius 3 is 2.60 bits per heavy atom. The summed E-state index contributed by atoms with van der Waals surface area (Å²) in [4.78, 5) is 2.46. The van der Waals surface area contributed by atoms with Crippen LogP contribution in [-0.4, -0.2) is 36.2 Å². The van der Waals surface area contributed by atoms with Crippen molar-refractivity contribution in [1.29, 1.82) is 0 Å². The summed E-state index contributed by atoms with van der Waals surface area (Å²) in [6, 6.07) is 22.1. The second-order valence-electron chi connectivity index (χ2n) is 9.36. The Balaban J connectivity index is 1.32. The summed E-state index contributed by atoms with van der Waals surface area (Å²) in [5.74, 6) is 1.25. The third kappa shape index (κ3) is 4.21. The van der Waals surface area contributed by atoms with Gasteiger partial charge in [-0.1, -0.05) is 42.8 Å². The van der Waals surface area contributed by atoms with Gasteiger partial charge in [-0.05, 0) is 84.2 Å². The first-order valence-electron chi connectivity index (χ1n) is 12.3. The smallest absolute Gasteiger partial charge is 0.150 e. The molecule has 0 bridgehead atoms. The van der Waals surface area contributed by atoms with Crippen molar-refractivity contribution in [1.82, 2.24) is 4.90 Å². The van der Waals surface area contributed by atoms with Gasteiger partial charge in [-0.3, -0.25) is 4.90 Å². The monoisotopic (exact) mass is 469 g/mol. The zero-order chi connectivity index (χ0) is 23.8. The molecule has 4 aromatic carbocycles. The van der Waals surface area contributed by atoms with Crippen molar-refractivity contribution in [2.75, 3.05) is 26.2 Å². The zero-order valence-electron chi connectivity index (χ0n) is 19.5. The van der Waals surface area contributed by atoms with Gasteiger partial charge in [0.2, 0.25) is 0 Å². The summed E-state index contributed by atoms with van der Waals surface area (Å²) < 4.78 is 27.3. The molecule has 4 aromatic rings. The Kier molecular flexibility index (Phi) is 5.78. The van der Waals surface area contributed by atoms with Crippen LogP contribution < -0.4 is 9.47 Å². The standard InChI is InChI=1S/C30H28FNO3/c31-26-5-4-6-27-29(26)25-13-9-21-19-22(33)10-14-24(21)28(25)30(35-27)20-7-11-23(12-8-20)34-18-17-32-15-2-1-3-16-32/h4-14,19,30,33H,1-3,15-18H2. The van der Waals surface area contributed by atoms with Crippen molar-refractivity contribution in [3.8, 4) is 28.4 Å². The molecular formula is C30H28FNO3. The molecule has 0 aromatic heterocycles. The highest BCUT2D eigenvalue weighted by molar-refractivity contribution is 5.95. The summed E-state index contributed by atoms with van der Waals surface area (Å²) in [6.45, 7) is 3.94. The van der Waals surface area contributed by atoms with E-state index in [4.69, 9.17) is 9.47 Å². The van der Waals surface area contributed by atoms with E-state index in [2.05, 4.69) is 4.90 Å². The largest absolute Gasteiger partial charge is 0.508 e. The van der Waals surface area contributed by atoms with E-state index < -0.39 is 6.10 Å². The molecular weight excluding hydrogens is 441 g/mol. The maximum atomic E-state index is 14.9. The second kappa shape index (κ2) is 9.23. The number of hydrogen-bond acceptors (Lipinski definition) is 4. The van der Waals surface area contributed by atoms with E-state index in [0.29, 0.717) is 17.9 Å². The fourth-order valence-electron chi connectivity index (χ4n) is 5.34. The third-order valence-electron chi connectivity index (χ3n) is 7.10. The summed E-state index contributed by atoms with van der Waals surface area (Å²) in [6.07, 6.45) is 3.48. The maximum Gasteiger partial charge on any atom is 0.150 e. The number of halogens is 1. The van der Waals surface area contributed by atoms with E-state index >= 15 is 0 Å². The van der Waals surface area contributed by atoms with Crippen LogP contribution in [0.4, 0.5) is 4.39 Å². The summed E-state index contributed by atoms with van der Waals surface area (Å²) in [5, 5.41) is 11.8. The molecule has 1 unspecified atom stereocenters. The number of phenols is 1. The molecule has 0 saturated carbocycles. The molecule has 2 heterocycles. The number of nitrogens with zero attached hydrogens (tertiary/aromatic N) is 1. The van der Waals surface area contributed by atoms with Crippen LogP contribution in [0.25, 0.3) is 21.9 Å². The first-order chi connectivity index (χ1) is 17.2. The van der Waals surface area contributed by atoms with Crippen molar-refractivity contribution in [3.05, 3.63) is 89.7 Å². The lowest BCUT2D eigenvalue weighted by Crippen LogP contribution is -2.33. The van der Waals surface area contributed by atoms with Crippen molar-refractivity contribution in [2.45, 2.75) is 25.4 Å². The fourth-order valence-corrected chi connectivity index (χ4v) is 5.34. The van der Waals surface area contributed by atoms with Crippen LogP contribution in [-0.2, 0) is 0 Å². The topological polar surface area (TPSA) is 41.9 Å². The van der Waals surface area contributed by atoms with Crippen LogP contribution in [0.1, 0.15) is 36.5 Å². The molecule has 178 valence electrons. The average molecular weight is 470 g/mol. The molecule has 1 N–H and O–H groups in total. The molecule has 2 aliphatic heterocycles. The molecule has 0 radical (unpaired) electrons. The first kappa shape index (κ1) is 21.9. The van der Waals surface area contributed by atoms with Crippen LogP contribution in [0.3, 0.4) is 0 Å². The number of phenolic OH excluding ortho intramolecular Hbond substituents is 1. The number of ether oxygens (including phenoxy) is 2. The van der Waals surface area contributed by atoms with Gasteiger partial charge in [0.15, 0.2) is 6.10 Å². The lowest BCUT2D eigenvalue weighted by molar-refractivity contribution is 0.183. The van der Waals surface area contributed by atoms with Gasteiger partial charge in [0.25, 0.3) is 0 Å². The number of aromatic hydroxyl groups is 1. The Hall–Kier alpha value is -3.57. The van der Waals surface area contributed by atoms with Gasteiger partial charge in [0, 0.05) is 12.1 Å². The van der Waals surface area contributed by atoms with E-state index in [1.807, 2.05) is 48.5 Å². The molecule has 0 amide bonds. The highest BCUT2D eigenvalue weighted by atomic mass is 19.1. The minimum atomic E-state index is -0.407. The summed E-state index contributed by atoms with van der Waals surface area (Å²) >= 11 is 0. The van der Waals surface area contributed by atoms with E-state index in [9.17, 15) is 9.50 Å². The molecule has 1 atom stereocenters. The summed E-state index contributed by atoms with van der Waals surface area (Å²) in [5.41, 5.74) is 3.16. The number of benzene rings is 4. The van der Waals surface area contributed by atoms with Gasteiger partial charge in [-0.15, -0.1) is 0 Å². The predicted molar refractivity (Wildman–Crippen MR) is 136 cm³/mol. The predicted octanol–water partition coefficient (Wildman–Crippen LogP) is 6.70. The van der Waals surface area contributed by atoms with Crippen LogP contribution in [0.2, 0.25) is 0 Å². The van der Waals surface area contributed by atoms with Gasteiger partial charge < -0.3 is 14.6 Å². The SMILES string of the molecule is Oc1ccc2c3c(ccc2c1)-c1c(F)cccc1OC3c1ccc(OCCN2CCCCC2)cc1. The number of likely N-dealkylation sites (tertiary alicyclic amines) is 1. The van der Waals surface area contributed by atoms with Gasteiger partial charge in [0.05, 0.1) is 5.56 Å². The van der Waals surface area contributed by atoms with Gasteiger partial charge in [-0.2, -0.15) is 0 Å². The molecule has 4 nitrogen and oxygen atoms in total. The molecule has 2 aliphatic rings. The second-order valence-corrected chi connectivity index (χ2v) is 9.36. The van der Waals surface area contributed by atoms with Gasteiger partial charge in [0.1, 0.15) is 29.7 Å². The lowest BCUT2D eigenvalue weighted by Gasteiger charge is -2.30. The van der Waals surface area contributed by atoms with Crippen LogP contribution in [0, 0.1) is 5.82 Å². The van der Waals surface area contributed by atoms with Gasteiger partial charge in [-0.25, -0.2) is 4.39 Å². The number of rotatable bonds is 5. The highest BCUT2D eigenvalue weighted by Crippen LogP contribution is 2.48. The molecule has 0 spiro atoms. The quantitative estimate of drug-likeness (QED) is 0.353. The Morgan fingerprint density at radius 2 is 1.77 bits per heavy atom. The molecule has 5 heteroatoms. The van der Waals surface area contributed by atoms with Crippen molar-refractivity contribution in [2.24, 2.45) is 0 Å². The normalized spacial score (nSPS) is 17.5. The van der Waals surface area contributed by atoms with E-state index in [0.717, 1.165) is 52.8 Å². The van der Waals surface area contributed by atoms with E-state index in [1.165, 1.54) is 25.3 Å². The van der Waals surface area contributed by atoms with Crippen molar-refractivity contribution in [3.63, 3.8) is 0 Å². The van der Waals surface area contributed by atoms with Gasteiger partial charge >= 0.3 is 0 Å². The number of hydrogen-bond donors (Lipinski definition) is 1. The number of fused-ring (bicyclic) bond motifs is 5. The molecule has 35 heavy (non-hydrogen) atoms. The molecule has 0 aliphatic carbocycles. The fraction of sp³-hybridized carbons (Fsp3) is 0.267. The zero-order valence-corrected chi connectivity index (χ0v) is 19.5. The van der Waals surface area contributed by atoms with Crippen molar-refractivity contribution < 1.29 is 19.0 Å². The minimum absolute atomic E-state index is 0.198. The van der Waals surface area contributed by atoms with E-state index in [1.54, 1.807) is 18.2 Å². The molecule has 1 fully saturated rings. The third-order valence-corrected chi connectivity index (χ3v) is 7.10. The molecule has 6 rings (SSSR count). The summed E-state index contributed by atoms with van der Waals surface area (Å²) in [7, 11) is 0. The first-order valence-corrected chi connectivity index (χ1v) is 12.3. The minimum Gasteiger partial charge on any atom is -0.508 e.